The van der Waals surface area contributed by atoms with Crippen LogP contribution in [0.25, 0.3) is 0 Å². The van der Waals surface area contributed by atoms with Gasteiger partial charge in [-0.1, -0.05) is 27.7 Å². The van der Waals surface area contributed by atoms with Gasteiger partial charge >= 0.3 is 0 Å². The first-order valence-corrected chi connectivity index (χ1v) is 6.51. The van der Waals surface area contributed by atoms with Gasteiger partial charge in [0, 0.05) is 0 Å². The van der Waals surface area contributed by atoms with Crippen molar-refractivity contribution in [3.8, 4) is 0 Å². The summed E-state index contributed by atoms with van der Waals surface area (Å²) in [6.07, 6.45) is 4.66. The van der Waals surface area contributed by atoms with E-state index < -0.39 is 0 Å². The molecular weight excluding hydrogens is 168 g/mol. The normalized spacial score (nSPS) is 59.1. The van der Waals surface area contributed by atoms with Gasteiger partial charge in [0.25, 0.3) is 0 Å². The standard InChI is InChI=1S/C14H24/c1-8-5-10-6-11-7-12(14(11,3)4)13(10)9(8)2/h8-13H,5-7H2,1-4H3. The van der Waals surface area contributed by atoms with E-state index in [1.54, 1.807) is 12.8 Å². The van der Waals surface area contributed by atoms with Gasteiger partial charge in [-0.2, -0.15) is 0 Å². The average Bonchev–Trinajstić information content (AvgIpc) is 2.42. The Morgan fingerprint density at radius 3 is 2.36 bits per heavy atom. The molecule has 0 N–H and O–H groups in total. The lowest BCUT2D eigenvalue weighted by atomic mass is 9.43. The minimum Gasteiger partial charge on any atom is -0.0622 e. The molecule has 80 valence electrons. The number of rotatable bonds is 0. The summed E-state index contributed by atoms with van der Waals surface area (Å²) >= 11 is 0. The molecule has 6 atom stereocenters. The second-order valence-electron chi connectivity index (χ2n) is 7.01. The molecule has 0 aromatic rings. The maximum atomic E-state index is 2.53. The van der Waals surface area contributed by atoms with Crippen LogP contribution in [0.15, 0.2) is 0 Å². The van der Waals surface area contributed by atoms with Gasteiger partial charge in [-0.15, -0.1) is 0 Å². The Bertz CT molecular complexity index is 253. The second-order valence-corrected chi connectivity index (χ2v) is 7.01. The summed E-state index contributed by atoms with van der Waals surface area (Å²) in [6.45, 7) is 10.0. The van der Waals surface area contributed by atoms with Crippen LogP contribution in [0.3, 0.4) is 0 Å². The van der Waals surface area contributed by atoms with Crippen molar-refractivity contribution in [3.63, 3.8) is 0 Å². The fourth-order valence-electron chi connectivity index (χ4n) is 5.08. The molecular formula is C14H24. The van der Waals surface area contributed by atoms with Crippen molar-refractivity contribution in [2.45, 2.75) is 47.0 Å². The third-order valence-electron chi connectivity index (χ3n) is 6.32. The van der Waals surface area contributed by atoms with Gasteiger partial charge in [0.1, 0.15) is 0 Å². The lowest BCUT2D eigenvalue weighted by molar-refractivity contribution is -0.134. The van der Waals surface area contributed by atoms with E-state index in [0.717, 1.165) is 35.5 Å². The van der Waals surface area contributed by atoms with Crippen LogP contribution in [-0.4, -0.2) is 0 Å². The summed E-state index contributed by atoms with van der Waals surface area (Å²) in [5.41, 5.74) is 0.694. The summed E-state index contributed by atoms with van der Waals surface area (Å²) in [6, 6.07) is 0. The highest BCUT2D eigenvalue weighted by atomic mass is 14.7. The third-order valence-corrected chi connectivity index (χ3v) is 6.32. The van der Waals surface area contributed by atoms with Crippen molar-refractivity contribution in [1.29, 1.82) is 0 Å². The Morgan fingerprint density at radius 1 is 1.00 bits per heavy atom. The lowest BCUT2D eigenvalue weighted by Crippen LogP contribution is -2.55. The van der Waals surface area contributed by atoms with E-state index >= 15 is 0 Å². The first kappa shape index (κ1) is 9.24. The predicted molar refractivity (Wildman–Crippen MR) is 59.9 cm³/mol. The number of hydrogen-bond acceptors (Lipinski definition) is 0. The monoisotopic (exact) mass is 192 g/mol. The van der Waals surface area contributed by atoms with Crippen molar-refractivity contribution >= 4 is 0 Å². The topological polar surface area (TPSA) is 0 Å². The van der Waals surface area contributed by atoms with Gasteiger partial charge in [0.05, 0.1) is 0 Å². The maximum Gasteiger partial charge on any atom is -0.0294 e. The fraction of sp³-hybridized carbons (Fsp3) is 1.00. The van der Waals surface area contributed by atoms with Gasteiger partial charge in [-0.05, 0) is 60.2 Å². The predicted octanol–water partition coefficient (Wildman–Crippen LogP) is 3.96. The van der Waals surface area contributed by atoms with E-state index in [1.807, 2.05) is 0 Å². The van der Waals surface area contributed by atoms with E-state index in [-0.39, 0.29) is 0 Å². The van der Waals surface area contributed by atoms with E-state index in [1.165, 1.54) is 6.42 Å². The van der Waals surface area contributed by atoms with E-state index in [2.05, 4.69) is 27.7 Å². The third kappa shape index (κ3) is 0.907. The Morgan fingerprint density at radius 2 is 1.71 bits per heavy atom. The summed E-state index contributed by atoms with van der Waals surface area (Å²) in [5.74, 6) is 6.35. The summed E-state index contributed by atoms with van der Waals surface area (Å²) in [4.78, 5) is 0. The molecule has 4 fully saturated rings. The highest BCUT2D eigenvalue weighted by Gasteiger charge is 2.60. The van der Waals surface area contributed by atoms with Gasteiger partial charge in [-0.25, -0.2) is 0 Å². The van der Waals surface area contributed by atoms with Crippen LogP contribution in [0.4, 0.5) is 0 Å². The van der Waals surface area contributed by atoms with Gasteiger partial charge < -0.3 is 0 Å². The molecule has 0 aromatic carbocycles. The van der Waals surface area contributed by atoms with Gasteiger partial charge in [-0.3, -0.25) is 0 Å². The first-order valence-electron chi connectivity index (χ1n) is 6.51. The van der Waals surface area contributed by atoms with Crippen LogP contribution >= 0.6 is 0 Å². The quantitative estimate of drug-likeness (QED) is 0.545. The molecule has 0 nitrogen and oxygen atoms in total. The Kier molecular flexibility index (Phi) is 1.70. The molecule has 4 rings (SSSR count). The first-order chi connectivity index (χ1) is 6.51. The maximum absolute atomic E-state index is 2.53. The molecule has 0 amide bonds. The molecule has 0 aliphatic heterocycles. The molecule has 0 heterocycles. The molecule has 0 heteroatoms. The largest absolute Gasteiger partial charge is 0.0622 e. The van der Waals surface area contributed by atoms with E-state index in [0.29, 0.717) is 5.41 Å². The summed E-state index contributed by atoms with van der Waals surface area (Å²) < 4.78 is 0. The zero-order valence-corrected chi connectivity index (χ0v) is 10.1. The zero-order chi connectivity index (χ0) is 10.1. The van der Waals surface area contributed by atoms with Crippen LogP contribution in [0, 0.1) is 40.9 Å². The molecule has 2 bridgehead atoms. The van der Waals surface area contributed by atoms with Crippen molar-refractivity contribution in [3.05, 3.63) is 0 Å². The smallest absolute Gasteiger partial charge is 0.0294 e. The molecule has 0 saturated heterocycles. The van der Waals surface area contributed by atoms with Crippen molar-refractivity contribution in [2.75, 3.05) is 0 Å². The van der Waals surface area contributed by atoms with Crippen LogP contribution in [0.2, 0.25) is 0 Å². The average molecular weight is 192 g/mol. The van der Waals surface area contributed by atoms with Crippen LogP contribution in [-0.2, 0) is 0 Å². The molecule has 0 spiro atoms. The van der Waals surface area contributed by atoms with Gasteiger partial charge in [0.15, 0.2) is 0 Å². The van der Waals surface area contributed by atoms with Crippen LogP contribution in [0.1, 0.15) is 47.0 Å². The Labute approximate surface area is 88.5 Å². The minimum absolute atomic E-state index is 0.694. The highest BCUT2D eigenvalue weighted by Crippen LogP contribution is 2.68. The lowest BCUT2D eigenvalue weighted by Gasteiger charge is -2.62. The fourth-order valence-corrected chi connectivity index (χ4v) is 5.08. The Hall–Kier alpha value is 0. The Balaban J connectivity index is 1.89. The second kappa shape index (κ2) is 2.57. The summed E-state index contributed by atoms with van der Waals surface area (Å²) in [5, 5.41) is 0. The molecule has 4 aliphatic carbocycles. The van der Waals surface area contributed by atoms with Gasteiger partial charge in [0.2, 0.25) is 0 Å². The van der Waals surface area contributed by atoms with E-state index in [9.17, 15) is 0 Å². The minimum atomic E-state index is 0.694. The molecule has 4 aliphatic rings. The van der Waals surface area contributed by atoms with Crippen molar-refractivity contribution in [2.24, 2.45) is 40.9 Å². The SMILES string of the molecule is CC1CC2CC3CC(C2C1C)C3(C)C. The van der Waals surface area contributed by atoms with Crippen LogP contribution < -0.4 is 0 Å². The van der Waals surface area contributed by atoms with Crippen LogP contribution in [0.5, 0.6) is 0 Å². The molecule has 0 radical (unpaired) electrons. The molecule has 14 heavy (non-hydrogen) atoms. The van der Waals surface area contributed by atoms with E-state index in [4.69, 9.17) is 0 Å². The molecule has 6 unspecified atom stereocenters. The molecule has 4 saturated carbocycles. The van der Waals surface area contributed by atoms with Crippen molar-refractivity contribution < 1.29 is 0 Å². The molecule has 0 aromatic heterocycles. The summed E-state index contributed by atoms with van der Waals surface area (Å²) in [7, 11) is 0. The zero-order valence-electron chi connectivity index (χ0n) is 10.1. The van der Waals surface area contributed by atoms with Crippen molar-refractivity contribution in [1.82, 2.24) is 0 Å². The highest BCUT2D eigenvalue weighted by molar-refractivity contribution is 5.09. The number of hydrogen-bond donors (Lipinski definition) is 0.